The largest absolute Gasteiger partial charge is 0.497 e. The van der Waals surface area contributed by atoms with Gasteiger partial charge in [-0.2, -0.15) is 0 Å². The standard InChI is InChI=1S/C17H19N3O3S/c1-11-4-9-14(15(10-11)23-3)16(21)19-20-17(24)18-12-5-7-13(22-2)8-6-12/h4-10H,1-3H3,(H,19,21)(H2,18,20,24). The summed E-state index contributed by atoms with van der Waals surface area (Å²) in [6.45, 7) is 1.93. The molecule has 7 heteroatoms. The Kier molecular flexibility index (Phi) is 5.97. The van der Waals surface area contributed by atoms with Crippen molar-refractivity contribution in [2.75, 3.05) is 19.5 Å². The molecule has 0 aromatic heterocycles. The molecule has 2 aromatic carbocycles. The summed E-state index contributed by atoms with van der Waals surface area (Å²) in [5, 5.41) is 3.22. The number of thiocarbonyl (C=S) groups is 1. The lowest BCUT2D eigenvalue weighted by molar-refractivity contribution is 0.0941. The third kappa shape index (κ3) is 4.60. The Hall–Kier alpha value is -2.80. The van der Waals surface area contributed by atoms with Gasteiger partial charge in [0, 0.05) is 5.69 Å². The normalized spacial score (nSPS) is 9.79. The van der Waals surface area contributed by atoms with E-state index in [9.17, 15) is 4.79 Å². The van der Waals surface area contributed by atoms with Gasteiger partial charge in [0.1, 0.15) is 11.5 Å². The highest BCUT2D eigenvalue weighted by atomic mass is 32.1. The minimum Gasteiger partial charge on any atom is -0.497 e. The van der Waals surface area contributed by atoms with E-state index in [1.54, 1.807) is 31.4 Å². The highest BCUT2D eigenvalue weighted by Gasteiger charge is 2.12. The van der Waals surface area contributed by atoms with E-state index in [4.69, 9.17) is 21.7 Å². The number of carbonyl (C=O) groups is 1. The Morgan fingerprint density at radius 1 is 1.00 bits per heavy atom. The first-order valence-electron chi connectivity index (χ1n) is 7.19. The summed E-state index contributed by atoms with van der Waals surface area (Å²) >= 11 is 5.15. The third-order valence-corrected chi connectivity index (χ3v) is 3.44. The van der Waals surface area contributed by atoms with E-state index >= 15 is 0 Å². The van der Waals surface area contributed by atoms with Crippen molar-refractivity contribution >= 4 is 28.9 Å². The van der Waals surface area contributed by atoms with Crippen LogP contribution in [0.5, 0.6) is 11.5 Å². The summed E-state index contributed by atoms with van der Waals surface area (Å²) in [6, 6.07) is 12.6. The van der Waals surface area contributed by atoms with Crippen molar-refractivity contribution in [1.29, 1.82) is 0 Å². The van der Waals surface area contributed by atoms with Crippen molar-refractivity contribution in [2.24, 2.45) is 0 Å². The SMILES string of the molecule is COc1ccc(NC(=S)NNC(=O)c2ccc(C)cc2OC)cc1. The molecular weight excluding hydrogens is 326 g/mol. The molecule has 0 saturated carbocycles. The molecule has 126 valence electrons. The second kappa shape index (κ2) is 8.16. The minimum atomic E-state index is -0.342. The quantitative estimate of drug-likeness (QED) is 0.584. The zero-order valence-corrected chi connectivity index (χ0v) is 14.5. The molecule has 0 aliphatic heterocycles. The number of hydrazine groups is 1. The molecule has 2 rings (SSSR count). The van der Waals surface area contributed by atoms with E-state index in [2.05, 4.69) is 16.2 Å². The van der Waals surface area contributed by atoms with Gasteiger partial charge >= 0.3 is 0 Å². The fourth-order valence-corrected chi connectivity index (χ4v) is 2.17. The lowest BCUT2D eigenvalue weighted by Gasteiger charge is -2.13. The Balaban J connectivity index is 1.92. The van der Waals surface area contributed by atoms with Crippen LogP contribution >= 0.6 is 12.2 Å². The topological polar surface area (TPSA) is 71.6 Å². The zero-order valence-electron chi connectivity index (χ0n) is 13.7. The maximum atomic E-state index is 12.2. The van der Waals surface area contributed by atoms with Gasteiger partial charge < -0.3 is 14.8 Å². The average Bonchev–Trinajstić information content (AvgIpc) is 2.60. The third-order valence-electron chi connectivity index (χ3n) is 3.24. The Morgan fingerprint density at radius 2 is 1.71 bits per heavy atom. The molecule has 0 bridgehead atoms. The fourth-order valence-electron chi connectivity index (χ4n) is 2.00. The number of methoxy groups -OCH3 is 2. The molecular formula is C17H19N3O3S. The van der Waals surface area contributed by atoms with Gasteiger partial charge in [0.05, 0.1) is 19.8 Å². The monoisotopic (exact) mass is 345 g/mol. The van der Waals surface area contributed by atoms with Gasteiger partial charge in [-0.05, 0) is 61.1 Å². The number of benzene rings is 2. The molecule has 2 aromatic rings. The second-order valence-electron chi connectivity index (χ2n) is 4.97. The number of hydrogen-bond acceptors (Lipinski definition) is 4. The molecule has 0 heterocycles. The van der Waals surface area contributed by atoms with Crippen LogP contribution in [0.1, 0.15) is 15.9 Å². The lowest BCUT2D eigenvalue weighted by Crippen LogP contribution is -2.43. The molecule has 0 aliphatic rings. The summed E-state index contributed by atoms with van der Waals surface area (Å²) in [4.78, 5) is 12.2. The smallest absolute Gasteiger partial charge is 0.273 e. The predicted octanol–water partition coefficient (Wildman–Crippen LogP) is 2.64. The lowest BCUT2D eigenvalue weighted by atomic mass is 10.1. The molecule has 0 unspecified atom stereocenters. The maximum absolute atomic E-state index is 12.2. The van der Waals surface area contributed by atoms with Crippen LogP contribution < -0.4 is 25.6 Å². The summed E-state index contributed by atoms with van der Waals surface area (Å²) in [5.41, 5.74) is 7.40. The Morgan fingerprint density at radius 3 is 2.33 bits per heavy atom. The predicted molar refractivity (Wildman–Crippen MR) is 97.5 cm³/mol. The van der Waals surface area contributed by atoms with Crippen molar-refractivity contribution < 1.29 is 14.3 Å². The number of amides is 1. The Labute approximate surface area is 146 Å². The maximum Gasteiger partial charge on any atom is 0.273 e. The number of nitrogens with one attached hydrogen (secondary N) is 3. The molecule has 0 fully saturated rings. The molecule has 0 radical (unpaired) electrons. The van der Waals surface area contributed by atoms with E-state index < -0.39 is 0 Å². The van der Waals surface area contributed by atoms with Gasteiger partial charge in [-0.25, -0.2) is 0 Å². The molecule has 1 amide bonds. The molecule has 3 N–H and O–H groups in total. The van der Waals surface area contributed by atoms with Crippen molar-refractivity contribution in [3.63, 3.8) is 0 Å². The first-order chi connectivity index (χ1) is 11.5. The van der Waals surface area contributed by atoms with Gasteiger partial charge in [0.15, 0.2) is 5.11 Å². The number of rotatable bonds is 4. The van der Waals surface area contributed by atoms with Crippen molar-refractivity contribution in [3.8, 4) is 11.5 Å². The molecule has 0 aliphatic carbocycles. The van der Waals surface area contributed by atoms with Crippen LogP contribution in [0.2, 0.25) is 0 Å². The van der Waals surface area contributed by atoms with E-state index in [-0.39, 0.29) is 11.0 Å². The average molecular weight is 345 g/mol. The number of anilines is 1. The van der Waals surface area contributed by atoms with E-state index in [1.165, 1.54) is 7.11 Å². The van der Waals surface area contributed by atoms with Crippen molar-refractivity contribution in [1.82, 2.24) is 10.9 Å². The summed E-state index contributed by atoms with van der Waals surface area (Å²) in [6.07, 6.45) is 0. The van der Waals surface area contributed by atoms with E-state index in [1.807, 2.05) is 25.1 Å². The van der Waals surface area contributed by atoms with Gasteiger partial charge in [0.2, 0.25) is 0 Å². The molecule has 0 spiro atoms. The second-order valence-corrected chi connectivity index (χ2v) is 5.37. The number of hydrogen-bond donors (Lipinski definition) is 3. The van der Waals surface area contributed by atoms with Gasteiger partial charge in [-0.1, -0.05) is 6.07 Å². The van der Waals surface area contributed by atoms with Crippen LogP contribution in [0.4, 0.5) is 5.69 Å². The van der Waals surface area contributed by atoms with Crippen molar-refractivity contribution in [3.05, 3.63) is 53.6 Å². The highest BCUT2D eigenvalue weighted by molar-refractivity contribution is 7.80. The first kappa shape index (κ1) is 17.6. The number of carbonyl (C=O) groups excluding carboxylic acids is 1. The molecule has 0 atom stereocenters. The van der Waals surface area contributed by atoms with Gasteiger partial charge in [-0.3, -0.25) is 15.6 Å². The van der Waals surface area contributed by atoms with Crippen LogP contribution in [0.25, 0.3) is 0 Å². The van der Waals surface area contributed by atoms with Crippen LogP contribution in [0.3, 0.4) is 0 Å². The molecule has 0 saturated heterocycles. The van der Waals surface area contributed by atoms with Crippen LogP contribution in [-0.4, -0.2) is 25.2 Å². The fraction of sp³-hybridized carbons (Fsp3) is 0.176. The number of aryl methyl sites for hydroxylation is 1. The van der Waals surface area contributed by atoms with Gasteiger partial charge in [-0.15, -0.1) is 0 Å². The van der Waals surface area contributed by atoms with E-state index in [0.29, 0.717) is 11.3 Å². The van der Waals surface area contributed by atoms with Gasteiger partial charge in [0.25, 0.3) is 5.91 Å². The molecule has 6 nitrogen and oxygen atoms in total. The van der Waals surface area contributed by atoms with Crippen LogP contribution in [-0.2, 0) is 0 Å². The summed E-state index contributed by atoms with van der Waals surface area (Å²) < 4.78 is 10.3. The van der Waals surface area contributed by atoms with Crippen LogP contribution in [0, 0.1) is 6.92 Å². The Bertz CT molecular complexity index is 732. The first-order valence-corrected chi connectivity index (χ1v) is 7.60. The summed E-state index contributed by atoms with van der Waals surface area (Å²) in [5.74, 6) is 0.910. The molecule has 24 heavy (non-hydrogen) atoms. The highest BCUT2D eigenvalue weighted by Crippen LogP contribution is 2.19. The van der Waals surface area contributed by atoms with E-state index in [0.717, 1.165) is 17.0 Å². The zero-order chi connectivity index (χ0) is 17.5. The minimum absolute atomic E-state index is 0.264. The number of ether oxygens (including phenoxy) is 2. The van der Waals surface area contributed by atoms with Crippen LogP contribution in [0.15, 0.2) is 42.5 Å². The summed E-state index contributed by atoms with van der Waals surface area (Å²) in [7, 11) is 3.12. The van der Waals surface area contributed by atoms with Crippen molar-refractivity contribution in [2.45, 2.75) is 6.92 Å².